The van der Waals surface area contributed by atoms with Crippen molar-refractivity contribution in [1.82, 2.24) is 5.32 Å². The highest BCUT2D eigenvalue weighted by molar-refractivity contribution is 6.35. The van der Waals surface area contributed by atoms with Gasteiger partial charge in [0.2, 0.25) is 5.91 Å². The quantitative estimate of drug-likeness (QED) is 0.858. The topological polar surface area (TPSA) is 58.2 Å². The predicted octanol–water partition coefficient (Wildman–Crippen LogP) is 3.92. The van der Waals surface area contributed by atoms with Crippen molar-refractivity contribution < 1.29 is 9.59 Å². The Morgan fingerprint density at radius 3 is 2.17 bits per heavy atom. The third-order valence-corrected chi connectivity index (χ3v) is 3.69. The summed E-state index contributed by atoms with van der Waals surface area (Å²) in [5.74, 6) is -0.285. The number of hydrogen-bond acceptors (Lipinski definition) is 2. The van der Waals surface area contributed by atoms with Gasteiger partial charge in [-0.1, -0.05) is 35.3 Å². The van der Waals surface area contributed by atoms with Gasteiger partial charge in [-0.05, 0) is 42.3 Å². The number of rotatable bonds is 5. The van der Waals surface area contributed by atoms with Crippen LogP contribution in [0.2, 0.25) is 10.0 Å². The maximum Gasteiger partial charge on any atom is 0.255 e. The molecule has 2 N–H and O–H groups in total. The molecule has 6 heteroatoms. The number of aryl methyl sites for hydroxylation is 1. The monoisotopic (exact) mass is 350 g/mol. The summed E-state index contributed by atoms with van der Waals surface area (Å²) in [6.45, 7) is 0. The van der Waals surface area contributed by atoms with E-state index in [1.807, 2.05) is 12.1 Å². The lowest BCUT2D eigenvalue weighted by atomic mass is 10.1. The molecular formula is C17H16Cl2N2O2. The molecule has 2 aromatic rings. The van der Waals surface area contributed by atoms with Crippen molar-refractivity contribution in [3.05, 3.63) is 63.6 Å². The molecule has 0 bridgehead atoms. The van der Waals surface area contributed by atoms with Gasteiger partial charge in [0.25, 0.3) is 5.91 Å². The molecule has 0 aliphatic carbocycles. The second kappa shape index (κ2) is 7.99. The fourth-order valence-corrected chi connectivity index (χ4v) is 2.55. The zero-order chi connectivity index (χ0) is 16.8. The molecule has 0 spiro atoms. The second-order valence-electron chi connectivity index (χ2n) is 4.98. The Bertz CT molecular complexity index is 695. The number of halogens is 2. The Balaban J connectivity index is 2.00. The Labute approximate surface area is 144 Å². The van der Waals surface area contributed by atoms with E-state index >= 15 is 0 Å². The highest BCUT2D eigenvalue weighted by atomic mass is 35.5. The lowest BCUT2D eigenvalue weighted by Gasteiger charge is -2.07. The first kappa shape index (κ1) is 17.3. The molecule has 0 aliphatic rings. The molecule has 0 atom stereocenters. The van der Waals surface area contributed by atoms with Crippen molar-refractivity contribution in [2.45, 2.75) is 12.8 Å². The van der Waals surface area contributed by atoms with Crippen molar-refractivity contribution in [1.29, 1.82) is 0 Å². The van der Waals surface area contributed by atoms with E-state index in [0.717, 1.165) is 5.56 Å². The maximum atomic E-state index is 12.2. The SMILES string of the molecule is CNC(=O)CCc1ccc(NC(=O)c2cc(Cl)cc(Cl)c2)cc1. The average molecular weight is 351 g/mol. The van der Waals surface area contributed by atoms with Crippen LogP contribution < -0.4 is 10.6 Å². The van der Waals surface area contributed by atoms with Gasteiger partial charge in [0, 0.05) is 34.8 Å². The number of amides is 2. The Hall–Kier alpha value is -2.04. The van der Waals surface area contributed by atoms with E-state index in [2.05, 4.69) is 10.6 Å². The van der Waals surface area contributed by atoms with Crippen LogP contribution in [0.1, 0.15) is 22.3 Å². The van der Waals surface area contributed by atoms with Crippen molar-refractivity contribution in [3.8, 4) is 0 Å². The molecule has 0 unspecified atom stereocenters. The van der Waals surface area contributed by atoms with Crippen LogP contribution in [0.15, 0.2) is 42.5 Å². The average Bonchev–Trinajstić information content (AvgIpc) is 2.53. The van der Waals surface area contributed by atoms with E-state index in [9.17, 15) is 9.59 Å². The Morgan fingerprint density at radius 2 is 1.61 bits per heavy atom. The summed E-state index contributed by atoms with van der Waals surface area (Å²) in [5.41, 5.74) is 2.08. The number of anilines is 1. The van der Waals surface area contributed by atoms with Crippen LogP contribution in [0.3, 0.4) is 0 Å². The van der Waals surface area contributed by atoms with Crippen LogP contribution in [0.25, 0.3) is 0 Å². The van der Waals surface area contributed by atoms with Gasteiger partial charge in [-0.25, -0.2) is 0 Å². The zero-order valence-corrected chi connectivity index (χ0v) is 14.0. The van der Waals surface area contributed by atoms with Gasteiger partial charge in [0.15, 0.2) is 0 Å². The molecule has 0 aliphatic heterocycles. The normalized spacial score (nSPS) is 10.2. The molecule has 2 amide bonds. The molecule has 0 aromatic heterocycles. The van der Waals surface area contributed by atoms with Gasteiger partial charge >= 0.3 is 0 Å². The molecule has 0 saturated carbocycles. The molecule has 2 rings (SSSR count). The fraction of sp³-hybridized carbons (Fsp3) is 0.176. The summed E-state index contributed by atoms with van der Waals surface area (Å²) in [7, 11) is 1.61. The van der Waals surface area contributed by atoms with Gasteiger partial charge < -0.3 is 10.6 Å². The zero-order valence-electron chi connectivity index (χ0n) is 12.5. The summed E-state index contributed by atoms with van der Waals surface area (Å²) in [4.78, 5) is 23.4. The van der Waals surface area contributed by atoms with Crippen LogP contribution in [-0.2, 0) is 11.2 Å². The summed E-state index contributed by atoms with van der Waals surface area (Å²) < 4.78 is 0. The standard InChI is InChI=1S/C17H16Cl2N2O2/c1-20-16(22)7-4-11-2-5-15(6-3-11)21-17(23)12-8-13(18)10-14(19)9-12/h2-3,5-6,8-10H,4,7H2,1H3,(H,20,22)(H,21,23). The minimum Gasteiger partial charge on any atom is -0.359 e. The van der Waals surface area contributed by atoms with Gasteiger partial charge in [0.1, 0.15) is 0 Å². The van der Waals surface area contributed by atoms with Gasteiger partial charge in [-0.2, -0.15) is 0 Å². The largest absolute Gasteiger partial charge is 0.359 e. The third kappa shape index (κ3) is 5.27. The first-order valence-electron chi connectivity index (χ1n) is 7.05. The molecule has 4 nitrogen and oxygen atoms in total. The molecule has 0 fully saturated rings. The minimum atomic E-state index is -0.285. The Kier molecular flexibility index (Phi) is 6.02. The van der Waals surface area contributed by atoms with Crippen LogP contribution in [0.4, 0.5) is 5.69 Å². The molecule has 0 radical (unpaired) electrons. The molecule has 23 heavy (non-hydrogen) atoms. The number of carbonyl (C=O) groups is 2. The first-order chi connectivity index (χ1) is 11.0. The van der Waals surface area contributed by atoms with Crippen LogP contribution >= 0.6 is 23.2 Å². The van der Waals surface area contributed by atoms with Gasteiger partial charge in [-0.3, -0.25) is 9.59 Å². The van der Waals surface area contributed by atoms with Crippen molar-refractivity contribution in [3.63, 3.8) is 0 Å². The lowest BCUT2D eigenvalue weighted by Crippen LogP contribution is -2.17. The van der Waals surface area contributed by atoms with E-state index in [4.69, 9.17) is 23.2 Å². The van der Waals surface area contributed by atoms with Crippen LogP contribution in [0.5, 0.6) is 0 Å². The minimum absolute atomic E-state index is 0.000198. The summed E-state index contributed by atoms with van der Waals surface area (Å²) in [5, 5.41) is 6.18. The van der Waals surface area contributed by atoms with Crippen molar-refractivity contribution in [2.75, 3.05) is 12.4 Å². The molecule has 0 saturated heterocycles. The van der Waals surface area contributed by atoms with Crippen LogP contribution in [0, 0.1) is 0 Å². The van der Waals surface area contributed by atoms with E-state index in [1.54, 1.807) is 37.4 Å². The Morgan fingerprint density at radius 1 is 1.00 bits per heavy atom. The summed E-state index contributed by atoms with van der Waals surface area (Å²) in [6, 6.07) is 12.0. The maximum absolute atomic E-state index is 12.2. The summed E-state index contributed by atoms with van der Waals surface area (Å²) >= 11 is 11.8. The smallest absolute Gasteiger partial charge is 0.255 e. The van der Waals surface area contributed by atoms with Crippen molar-refractivity contribution >= 4 is 40.7 Å². The van der Waals surface area contributed by atoms with E-state index in [-0.39, 0.29) is 11.8 Å². The second-order valence-corrected chi connectivity index (χ2v) is 5.86. The van der Waals surface area contributed by atoms with Gasteiger partial charge in [-0.15, -0.1) is 0 Å². The third-order valence-electron chi connectivity index (χ3n) is 3.26. The number of nitrogens with one attached hydrogen (secondary N) is 2. The fourth-order valence-electron chi connectivity index (χ4n) is 2.03. The van der Waals surface area contributed by atoms with E-state index in [0.29, 0.717) is 34.1 Å². The highest BCUT2D eigenvalue weighted by Crippen LogP contribution is 2.20. The van der Waals surface area contributed by atoms with E-state index < -0.39 is 0 Å². The summed E-state index contributed by atoms with van der Waals surface area (Å²) in [6.07, 6.45) is 1.08. The van der Waals surface area contributed by atoms with Crippen molar-refractivity contribution in [2.24, 2.45) is 0 Å². The molecule has 2 aromatic carbocycles. The molecule has 120 valence electrons. The highest BCUT2D eigenvalue weighted by Gasteiger charge is 2.08. The number of benzene rings is 2. The molecule has 0 heterocycles. The van der Waals surface area contributed by atoms with E-state index in [1.165, 1.54) is 0 Å². The number of hydrogen-bond donors (Lipinski definition) is 2. The number of carbonyl (C=O) groups excluding carboxylic acids is 2. The molecular weight excluding hydrogens is 335 g/mol. The van der Waals surface area contributed by atoms with Crippen LogP contribution in [-0.4, -0.2) is 18.9 Å². The first-order valence-corrected chi connectivity index (χ1v) is 7.80. The lowest BCUT2D eigenvalue weighted by molar-refractivity contribution is -0.120. The van der Waals surface area contributed by atoms with Gasteiger partial charge in [0.05, 0.1) is 0 Å². The predicted molar refractivity (Wildman–Crippen MR) is 93.2 cm³/mol.